The molecular formula is C17H11ClFNO3. The van der Waals surface area contributed by atoms with Gasteiger partial charge in [0.25, 0.3) is 5.91 Å². The summed E-state index contributed by atoms with van der Waals surface area (Å²) in [5, 5.41) is 3.29. The summed E-state index contributed by atoms with van der Waals surface area (Å²) >= 11 is 5.94. The van der Waals surface area contributed by atoms with Crippen molar-refractivity contribution >= 4 is 34.8 Å². The monoisotopic (exact) mass is 331 g/mol. The summed E-state index contributed by atoms with van der Waals surface area (Å²) in [6.07, 6.45) is 1.63. The second-order valence-electron chi connectivity index (χ2n) is 5.30. The maximum Gasteiger partial charge on any atom is 0.256 e. The van der Waals surface area contributed by atoms with Crippen LogP contribution in [0, 0.1) is 5.82 Å². The number of anilines is 1. The topological polar surface area (TPSA) is 47.6 Å². The molecule has 0 radical (unpaired) electrons. The molecule has 116 valence electrons. The number of hydrogen-bond donors (Lipinski definition) is 1. The molecule has 0 atom stereocenters. The lowest BCUT2D eigenvalue weighted by Gasteiger charge is -2.19. The summed E-state index contributed by atoms with van der Waals surface area (Å²) < 4.78 is 24.5. The predicted molar refractivity (Wildman–Crippen MR) is 84.6 cm³/mol. The number of carbonyl (C=O) groups excluding carboxylic acids is 1. The van der Waals surface area contributed by atoms with Gasteiger partial charge < -0.3 is 14.8 Å². The Morgan fingerprint density at radius 2 is 2.13 bits per heavy atom. The standard InChI is InChI=1S/C17H11ClFNO3/c18-11-1-2-13-14(17(21)20-15(13)6-11)5-9-3-12(19)4-10-7-22-8-23-16(9)10/h1-6H,7-8H2,(H,20,21)/b14-5+. The molecule has 0 aliphatic carbocycles. The van der Waals surface area contributed by atoms with Crippen LogP contribution >= 0.6 is 11.6 Å². The van der Waals surface area contributed by atoms with Crippen molar-refractivity contribution in [1.82, 2.24) is 0 Å². The van der Waals surface area contributed by atoms with Gasteiger partial charge in [-0.3, -0.25) is 4.79 Å². The molecule has 6 heteroatoms. The zero-order valence-corrected chi connectivity index (χ0v) is 12.6. The molecule has 2 aliphatic heterocycles. The number of hydrogen-bond acceptors (Lipinski definition) is 3. The molecule has 0 unspecified atom stereocenters. The molecule has 2 aromatic carbocycles. The van der Waals surface area contributed by atoms with Crippen LogP contribution in [-0.4, -0.2) is 12.7 Å². The van der Waals surface area contributed by atoms with E-state index in [0.717, 1.165) is 5.56 Å². The van der Waals surface area contributed by atoms with Crippen molar-refractivity contribution in [1.29, 1.82) is 0 Å². The van der Waals surface area contributed by atoms with E-state index in [1.807, 2.05) is 0 Å². The van der Waals surface area contributed by atoms with Gasteiger partial charge in [0.05, 0.1) is 12.3 Å². The molecule has 4 rings (SSSR count). The summed E-state index contributed by atoms with van der Waals surface area (Å²) in [4.78, 5) is 12.2. The number of benzene rings is 2. The fraction of sp³-hybridized carbons (Fsp3) is 0.118. The summed E-state index contributed by atoms with van der Waals surface area (Å²) in [6.45, 7) is 0.384. The van der Waals surface area contributed by atoms with E-state index >= 15 is 0 Å². The van der Waals surface area contributed by atoms with E-state index < -0.39 is 5.82 Å². The SMILES string of the molecule is O=C1Nc2cc(Cl)ccc2/C1=C\c1cc(F)cc2c1OCOC2. The van der Waals surface area contributed by atoms with Gasteiger partial charge in [-0.1, -0.05) is 17.7 Å². The van der Waals surface area contributed by atoms with Gasteiger partial charge in [-0.05, 0) is 30.3 Å². The lowest BCUT2D eigenvalue weighted by molar-refractivity contribution is -0.110. The van der Waals surface area contributed by atoms with Crippen molar-refractivity contribution in [3.63, 3.8) is 0 Å². The van der Waals surface area contributed by atoms with E-state index in [9.17, 15) is 9.18 Å². The Labute approximate surface area is 136 Å². The molecule has 2 aromatic rings. The largest absolute Gasteiger partial charge is 0.467 e. The number of nitrogens with one attached hydrogen (secondary N) is 1. The minimum Gasteiger partial charge on any atom is -0.467 e. The minimum atomic E-state index is -0.403. The van der Waals surface area contributed by atoms with Gasteiger partial charge in [0, 0.05) is 27.3 Å². The summed E-state index contributed by atoms with van der Waals surface area (Å²) in [5.41, 5.74) is 2.95. The average molecular weight is 332 g/mol. The van der Waals surface area contributed by atoms with Gasteiger partial charge in [0.15, 0.2) is 6.79 Å². The van der Waals surface area contributed by atoms with Crippen molar-refractivity contribution in [2.45, 2.75) is 6.61 Å². The Bertz CT molecular complexity index is 863. The Morgan fingerprint density at radius 1 is 1.26 bits per heavy atom. The van der Waals surface area contributed by atoms with Crippen molar-refractivity contribution in [2.75, 3.05) is 12.1 Å². The third-order valence-electron chi connectivity index (χ3n) is 3.77. The summed E-state index contributed by atoms with van der Waals surface area (Å²) in [6, 6.07) is 7.87. The van der Waals surface area contributed by atoms with E-state index in [0.29, 0.717) is 33.2 Å². The summed E-state index contributed by atoms with van der Waals surface area (Å²) in [5.74, 6) is -0.118. The Balaban J connectivity index is 1.86. The zero-order valence-electron chi connectivity index (χ0n) is 11.9. The van der Waals surface area contributed by atoms with Gasteiger partial charge in [0.1, 0.15) is 11.6 Å². The smallest absolute Gasteiger partial charge is 0.256 e. The lowest BCUT2D eigenvalue weighted by Crippen LogP contribution is -2.13. The molecule has 2 heterocycles. The lowest BCUT2D eigenvalue weighted by atomic mass is 10.0. The Kier molecular flexibility index (Phi) is 3.32. The van der Waals surface area contributed by atoms with Crippen molar-refractivity contribution in [3.05, 3.63) is 57.9 Å². The highest BCUT2D eigenvalue weighted by Crippen LogP contribution is 2.37. The average Bonchev–Trinajstić information content (AvgIpc) is 2.82. The fourth-order valence-electron chi connectivity index (χ4n) is 2.78. The van der Waals surface area contributed by atoms with E-state index in [4.69, 9.17) is 21.1 Å². The molecule has 0 saturated heterocycles. The van der Waals surface area contributed by atoms with Crippen LogP contribution in [0.1, 0.15) is 16.7 Å². The Hall–Kier alpha value is -2.37. The van der Waals surface area contributed by atoms with E-state index in [-0.39, 0.29) is 19.3 Å². The van der Waals surface area contributed by atoms with E-state index in [2.05, 4.69) is 5.32 Å². The predicted octanol–water partition coefficient (Wildman–Crippen LogP) is 3.84. The molecule has 4 nitrogen and oxygen atoms in total. The quantitative estimate of drug-likeness (QED) is 0.808. The van der Waals surface area contributed by atoms with Crippen LogP contribution in [-0.2, 0) is 16.1 Å². The van der Waals surface area contributed by atoms with Crippen molar-refractivity contribution in [3.8, 4) is 5.75 Å². The fourth-order valence-corrected chi connectivity index (χ4v) is 2.95. The van der Waals surface area contributed by atoms with Gasteiger partial charge in [-0.25, -0.2) is 4.39 Å². The van der Waals surface area contributed by atoms with Gasteiger partial charge in [0.2, 0.25) is 0 Å². The van der Waals surface area contributed by atoms with E-state index in [1.165, 1.54) is 12.1 Å². The van der Waals surface area contributed by atoms with Crippen LogP contribution in [0.3, 0.4) is 0 Å². The van der Waals surface area contributed by atoms with Crippen molar-refractivity contribution in [2.24, 2.45) is 0 Å². The van der Waals surface area contributed by atoms with Gasteiger partial charge in [-0.2, -0.15) is 0 Å². The first kappa shape index (κ1) is 14.2. The zero-order chi connectivity index (χ0) is 16.0. The molecule has 0 bridgehead atoms. The second kappa shape index (κ2) is 5.37. The molecule has 0 spiro atoms. The maximum absolute atomic E-state index is 13.8. The van der Waals surface area contributed by atoms with Crippen molar-refractivity contribution < 1.29 is 18.7 Å². The first-order valence-electron chi connectivity index (χ1n) is 6.98. The molecule has 0 fully saturated rings. The third kappa shape index (κ3) is 2.48. The van der Waals surface area contributed by atoms with Crippen LogP contribution < -0.4 is 10.1 Å². The van der Waals surface area contributed by atoms with Crippen LogP contribution in [0.4, 0.5) is 10.1 Å². The minimum absolute atomic E-state index is 0.104. The Morgan fingerprint density at radius 3 is 3.00 bits per heavy atom. The number of ether oxygens (including phenoxy) is 2. The highest BCUT2D eigenvalue weighted by molar-refractivity contribution is 6.36. The number of halogens is 2. The molecular weight excluding hydrogens is 321 g/mol. The maximum atomic E-state index is 13.8. The number of fused-ring (bicyclic) bond motifs is 2. The highest BCUT2D eigenvalue weighted by atomic mass is 35.5. The van der Waals surface area contributed by atoms with E-state index in [1.54, 1.807) is 24.3 Å². The third-order valence-corrected chi connectivity index (χ3v) is 4.00. The summed E-state index contributed by atoms with van der Waals surface area (Å²) in [7, 11) is 0. The number of rotatable bonds is 1. The number of amides is 1. The van der Waals surface area contributed by atoms with Gasteiger partial charge in [-0.15, -0.1) is 0 Å². The second-order valence-corrected chi connectivity index (χ2v) is 5.73. The molecule has 23 heavy (non-hydrogen) atoms. The molecule has 1 amide bonds. The first-order chi connectivity index (χ1) is 11.1. The van der Waals surface area contributed by atoms with Crippen LogP contribution in [0.15, 0.2) is 30.3 Å². The number of carbonyl (C=O) groups is 1. The molecule has 1 N–H and O–H groups in total. The highest BCUT2D eigenvalue weighted by Gasteiger charge is 2.25. The normalized spacial score (nSPS) is 17.5. The van der Waals surface area contributed by atoms with Crippen LogP contribution in [0.2, 0.25) is 5.02 Å². The van der Waals surface area contributed by atoms with Gasteiger partial charge >= 0.3 is 0 Å². The first-order valence-corrected chi connectivity index (χ1v) is 7.35. The molecule has 0 aromatic heterocycles. The molecule has 0 saturated carbocycles. The van der Waals surface area contributed by atoms with Crippen LogP contribution in [0.25, 0.3) is 11.6 Å². The van der Waals surface area contributed by atoms with Crippen LogP contribution in [0.5, 0.6) is 5.75 Å². The molecule has 2 aliphatic rings.